The first-order chi connectivity index (χ1) is 17.6. The van der Waals surface area contributed by atoms with E-state index < -0.39 is 14.5 Å². The van der Waals surface area contributed by atoms with Gasteiger partial charge in [-0.1, -0.05) is 114 Å². The molecule has 0 bridgehead atoms. The van der Waals surface area contributed by atoms with Gasteiger partial charge >= 0.3 is 0 Å². The first-order valence-electron chi connectivity index (χ1n) is 15.4. The normalized spacial score (nSPS) is 12.2. The molecule has 0 radical (unpaired) electrons. The van der Waals surface area contributed by atoms with Crippen LogP contribution in [0, 0.1) is 0 Å². The quantitative estimate of drug-likeness (QED) is 0.112. The summed E-state index contributed by atoms with van der Waals surface area (Å²) in [4.78, 5) is 0. The van der Waals surface area contributed by atoms with Crippen molar-refractivity contribution in [2.45, 2.75) is 104 Å². The zero-order valence-corrected chi connectivity index (χ0v) is 26.2. The van der Waals surface area contributed by atoms with Gasteiger partial charge in [-0.15, -0.1) is 0 Å². The van der Waals surface area contributed by atoms with Crippen LogP contribution in [0.2, 0.25) is 0 Å². The van der Waals surface area contributed by atoms with Gasteiger partial charge in [-0.25, -0.2) is 0 Å². The molecule has 202 valence electrons. The highest BCUT2D eigenvalue weighted by Gasteiger charge is 2.38. The largest absolute Gasteiger partial charge is 0.0842 e. The van der Waals surface area contributed by atoms with Crippen LogP contribution in [-0.2, 0) is 12.3 Å². The number of unbranched alkanes of at least 4 members (excludes halogenated alkanes) is 5. The van der Waals surface area contributed by atoms with Crippen molar-refractivity contribution in [3.8, 4) is 0 Å². The minimum Gasteiger partial charge on any atom is -0.0652 e. The second-order valence-corrected chi connectivity index (χ2v) is 20.1. The van der Waals surface area contributed by atoms with Gasteiger partial charge in [0, 0.05) is 14.5 Å². The van der Waals surface area contributed by atoms with E-state index >= 15 is 0 Å². The van der Waals surface area contributed by atoms with E-state index in [-0.39, 0.29) is 0 Å². The van der Waals surface area contributed by atoms with Gasteiger partial charge < -0.3 is 0 Å². The standard InChI is InChI=1S/C34H58P2/c1-5-9-25-35(26-10-6-2,31-33-21-15-13-16-22-33)29-19-20-30-36(27-11-7-3,28-12-8-4)32-34-23-17-14-18-24-34/h13-18,21-24H,5-12,19-20,25-32H2,1-4H3/q+2. The number of benzene rings is 2. The highest BCUT2D eigenvalue weighted by Crippen LogP contribution is 2.65. The minimum atomic E-state index is -0.930. The SMILES string of the molecule is CCCC[P+](CCCC)(CCCC[P+](CCCC)(CCCC)Cc1ccccc1)Cc1ccccc1. The molecule has 0 nitrogen and oxygen atoms in total. The van der Waals surface area contributed by atoms with Crippen molar-refractivity contribution >= 4 is 14.5 Å². The zero-order chi connectivity index (χ0) is 26.0. The van der Waals surface area contributed by atoms with Crippen molar-refractivity contribution in [3.05, 3.63) is 71.8 Å². The summed E-state index contributed by atoms with van der Waals surface area (Å²) in [7, 11) is -1.86. The molecule has 0 atom stereocenters. The number of hydrogen-bond donors (Lipinski definition) is 0. The van der Waals surface area contributed by atoms with Gasteiger partial charge in [0.15, 0.2) is 0 Å². The van der Waals surface area contributed by atoms with E-state index in [0.29, 0.717) is 0 Å². The lowest BCUT2D eigenvalue weighted by atomic mass is 10.2. The molecule has 36 heavy (non-hydrogen) atoms. The molecule has 2 heteroatoms. The van der Waals surface area contributed by atoms with E-state index in [1.165, 1.54) is 114 Å². The van der Waals surface area contributed by atoms with E-state index in [0.717, 1.165) is 0 Å². The van der Waals surface area contributed by atoms with Crippen LogP contribution in [0.1, 0.15) is 103 Å². The van der Waals surface area contributed by atoms with Crippen LogP contribution in [0.5, 0.6) is 0 Å². The van der Waals surface area contributed by atoms with Crippen molar-refractivity contribution in [1.29, 1.82) is 0 Å². The van der Waals surface area contributed by atoms with Gasteiger partial charge in [0.2, 0.25) is 0 Å². The molecule has 0 aliphatic rings. The summed E-state index contributed by atoms with van der Waals surface area (Å²) in [5, 5.41) is 0. The minimum absolute atomic E-state index is 0.930. The fourth-order valence-corrected chi connectivity index (χ4v) is 16.0. The Morgan fingerprint density at radius 3 is 0.944 bits per heavy atom. The van der Waals surface area contributed by atoms with Crippen LogP contribution in [0.25, 0.3) is 0 Å². The molecule has 0 aliphatic carbocycles. The third kappa shape index (κ3) is 11.8. The first kappa shape index (κ1) is 31.5. The summed E-state index contributed by atoms with van der Waals surface area (Å²) >= 11 is 0. The number of rotatable bonds is 21. The van der Waals surface area contributed by atoms with Crippen molar-refractivity contribution in [2.75, 3.05) is 37.0 Å². The van der Waals surface area contributed by atoms with Gasteiger partial charge in [-0.2, -0.15) is 0 Å². The molecule has 2 aromatic carbocycles. The third-order valence-electron chi connectivity index (χ3n) is 8.18. The Bertz CT molecular complexity index is 687. The van der Waals surface area contributed by atoms with Crippen LogP contribution in [0.3, 0.4) is 0 Å². The Morgan fingerprint density at radius 1 is 0.389 bits per heavy atom. The van der Waals surface area contributed by atoms with Crippen molar-refractivity contribution < 1.29 is 0 Å². The van der Waals surface area contributed by atoms with Gasteiger partial charge in [0.05, 0.1) is 49.3 Å². The molecule has 0 amide bonds. The van der Waals surface area contributed by atoms with Gasteiger partial charge in [-0.05, 0) is 49.7 Å². The lowest BCUT2D eigenvalue weighted by Crippen LogP contribution is -2.14. The fourth-order valence-electron chi connectivity index (χ4n) is 5.96. The van der Waals surface area contributed by atoms with Crippen LogP contribution < -0.4 is 0 Å². The molecule has 0 saturated heterocycles. The van der Waals surface area contributed by atoms with Gasteiger partial charge in [0.25, 0.3) is 0 Å². The lowest BCUT2D eigenvalue weighted by Gasteiger charge is -2.30. The molecule has 0 unspecified atom stereocenters. The second-order valence-electron chi connectivity index (χ2n) is 11.4. The molecular formula is C34H58P2+2. The van der Waals surface area contributed by atoms with Crippen LogP contribution in [-0.4, -0.2) is 37.0 Å². The Morgan fingerprint density at radius 2 is 0.667 bits per heavy atom. The zero-order valence-electron chi connectivity index (χ0n) is 24.4. The summed E-state index contributed by atoms with van der Waals surface area (Å²) in [6, 6.07) is 23.0. The van der Waals surface area contributed by atoms with E-state index in [9.17, 15) is 0 Å². The molecule has 2 aromatic rings. The first-order valence-corrected chi connectivity index (χ1v) is 20.4. The van der Waals surface area contributed by atoms with Crippen LogP contribution >= 0.6 is 14.5 Å². The van der Waals surface area contributed by atoms with E-state index in [4.69, 9.17) is 0 Å². The van der Waals surface area contributed by atoms with Crippen molar-refractivity contribution in [2.24, 2.45) is 0 Å². The predicted molar refractivity (Wildman–Crippen MR) is 172 cm³/mol. The Labute approximate surface area is 227 Å². The Kier molecular flexibility index (Phi) is 16.2. The van der Waals surface area contributed by atoms with Crippen LogP contribution in [0.4, 0.5) is 0 Å². The molecule has 0 fully saturated rings. The average Bonchev–Trinajstić information content (AvgIpc) is 2.92. The molecule has 0 saturated carbocycles. The second kappa shape index (κ2) is 18.5. The monoisotopic (exact) mass is 528 g/mol. The molecule has 2 rings (SSSR count). The topological polar surface area (TPSA) is 0 Å². The Hall–Kier alpha value is -0.700. The molecule has 0 heterocycles. The number of hydrogen-bond acceptors (Lipinski definition) is 0. The summed E-state index contributed by atoms with van der Waals surface area (Å²) < 4.78 is 0. The van der Waals surface area contributed by atoms with Crippen molar-refractivity contribution in [1.82, 2.24) is 0 Å². The molecule has 0 aromatic heterocycles. The third-order valence-corrected chi connectivity index (χ3v) is 17.8. The maximum absolute atomic E-state index is 2.40. The molecular weight excluding hydrogens is 470 g/mol. The smallest absolute Gasteiger partial charge is 0.0652 e. The maximum Gasteiger partial charge on any atom is 0.0842 e. The van der Waals surface area contributed by atoms with Crippen LogP contribution in [0.15, 0.2) is 60.7 Å². The van der Waals surface area contributed by atoms with Gasteiger partial charge in [0.1, 0.15) is 0 Å². The fraction of sp³-hybridized carbons (Fsp3) is 0.647. The van der Waals surface area contributed by atoms with Crippen molar-refractivity contribution in [3.63, 3.8) is 0 Å². The van der Waals surface area contributed by atoms with E-state index in [2.05, 4.69) is 88.4 Å². The average molecular weight is 529 g/mol. The van der Waals surface area contributed by atoms with Gasteiger partial charge in [-0.3, -0.25) is 0 Å². The molecule has 0 spiro atoms. The van der Waals surface area contributed by atoms with E-state index in [1.54, 1.807) is 11.1 Å². The highest BCUT2D eigenvalue weighted by atomic mass is 31.2. The molecule has 0 aliphatic heterocycles. The van der Waals surface area contributed by atoms with E-state index in [1.807, 2.05) is 0 Å². The summed E-state index contributed by atoms with van der Waals surface area (Å²) in [6.45, 7) is 9.56. The summed E-state index contributed by atoms with van der Waals surface area (Å²) in [5.74, 6) is 0. The Balaban J connectivity index is 2.14. The maximum atomic E-state index is 2.40. The molecule has 0 N–H and O–H groups in total. The lowest BCUT2D eigenvalue weighted by molar-refractivity contribution is 0.819. The summed E-state index contributed by atoms with van der Waals surface area (Å²) in [5.41, 5.74) is 3.21. The summed E-state index contributed by atoms with van der Waals surface area (Å²) in [6.07, 6.45) is 26.0. The highest BCUT2D eigenvalue weighted by molar-refractivity contribution is 7.75. The predicted octanol–water partition coefficient (Wildman–Crippen LogP) is 11.4.